The lowest BCUT2D eigenvalue weighted by molar-refractivity contribution is 0.219. The molecule has 0 heterocycles. The summed E-state index contributed by atoms with van der Waals surface area (Å²) in [7, 11) is 1.62. The molecule has 2 unspecified atom stereocenters. The van der Waals surface area contributed by atoms with Crippen molar-refractivity contribution < 1.29 is 14.6 Å². The maximum Gasteiger partial charge on any atom is 0.161 e. The van der Waals surface area contributed by atoms with E-state index >= 15 is 0 Å². The summed E-state index contributed by atoms with van der Waals surface area (Å²) < 4.78 is 10.8. The Morgan fingerprint density at radius 2 is 2.07 bits per heavy atom. The third kappa shape index (κ3) is 1.82. The van der Waals surface area contributed by atoms with E-state index in [-0.39, 0.29) is 12.7 Å². The molecular formula is C11H14O3. The Balaban J connectivity index is 2.02. The van der Waals surface area contributed by atoms with Gasteiger partial charge in [-0.1, -0.05) is 12.1 Å². The summed E-state index contributed by atoms with van der Waals surface area (Å²) in [6, 6.07) is 7.56. The molecule has 1 saturated carbocycles. The monoisotopic (exact) mass is 194 g/mol. The van der Waals surface area contributed by atoms with Gasteiger partial charge in [-0.3, -0.25) is 0 Å². The summed E-state index contributed by atoms with van der Waals surface area (Å²) in [4.78, 5) is 0. The Bertz CT molecular complexity index is 311. The zero-order valence-electron chi connectivity index (χ0n) is 8.14. The molecule has 0 bridgehead atoms. The number of hydrogen-bond acceptors (Lipinski definition) is 3. The molecule has 1 aliphatic rings. The van der Waals surface area contributed by atoms with Crippen LogP contribution >= 0.6 is 0 Å². The summed E-state index contributed by atoms with van der Waals surface area (Å²) in [5, 5.41) is 8.87. The maximum atomic E-state index is 8.87. The van der Waals surface area contributed by atoms with Gasteiger partial charge in [0.05, 0.1) is 7.11 Å². The van der Waals surface area contributed by atoms with Crippen LogP contribution in [0.15, 0.2) is 24.3 Å². The Hall–Kier alpha value is -1.22. The normalized spacial score (nSPS) is 24.4. The fourth-order valence-corrected chi connectivity index (χ4v) is 1.44. The lowest BCUT2D eigenvalue weighted by atomic mass is 10.3. The molecule has 3 nitrogen and oxygen atoms in total. The van der Waals surface area contributed by atoms with Crippen LogP contribution in [0.4, 0.5) is 0 Å². The Labute approximate surface area is 83.3 Å². The molecule has 1 aromatic rings. The van der Waals surface area contributed by atoms with Crippen molar-refractivity contribution in [2.75, 3.05) is 13.7 Å². The largest absolute Gasteiger partial charge is 0.493 e. The first-order valence-corrected chi connectivity index (χ1v) is 4.75. The summed E-state index contributed by atoms with van der Waals surface area (Å²) in [6.45, 7) is 0.208. The van der Waals surface area contributed by atoms with E-state index in [9.17, 15) is 0 Å². The van der Waals surface area contributed by atoms with Crippen molar-refractivity contribution >= 4 is 0 Å². The fraction of sp³-hybridized carbons (Fsp3) is 0.455. The number of aliphatic hydroxyl groups excluding tert-OH is 1. The van der Waals surface area contributed by atoms with Gasteiger partial charge in [-0.15, -0.1) is 0 Å². The molecule has 3 heteroatoms. The predicted octanol–water partition coefficient (Wildman–Crippen LogP) is 1.45. The van der Waals surface area contributed by atoms with E-state index in [1.54, 1.807) is 7.11 Å². The zero-order chi connectivity index (χ0) is 9.97. The summed E-state index contributed by atoms with van der Waals surface area (Å²) in [6.07, 6.45) is 1.10. The highest BCUT2D eigenvalue weighted by Crippen LogP contribution is 2.37. The van der Waals surface area contributed by atoms with Crippen molar-refractivity contribution in [3.63, 3.8) is 0 Å². The molecule has 0 aliphatic heterocycles. The SMILES string of the molecule is COc1ccccc1OC1CC1CO. The molecule has 0 radical (unpaired) electrons. The first kappa shape index (κ1) is 9.34. The molecule has 1 aliphatic carbocycles. The van der Waals surface area contributed by atoms with E-state index in [0.717, 1.165) is 17.9 Å². The molecule has 0 aromatic heterocycles. The molecule has 1 fully saturated rings. The van der Waals surface area contributed by atoms with E-state index in [0.29, 0.717) is 5.92 Å². The number of hydrogen-bond donors (Lipinski definition) is 1. The average molecular weight is 194 g/mol. The van der Waals surface area contributed by atoms with Crippen LogP contribution in [0, 0.1) is 5.92 Å². The van der Waals surface area contributed by atoms with Gasteiger partial charge in [0.15, 0.2) is 11.5 Å². The first-order valence-electron chi connectivity index (χ1n) is 4.75. The van der Waals surface area contributed by atoms with Gasteiger partial charge in [0.1, 0.15) is 6.10 Å². The van der Waals surface area contributed by atoms with Gasteiger partial charge in [-0.2, -0.15) is 0 Å². The van der Waals surface area contributed by atoms with Crippen LogP contribution in [0.5, 0.6) is 11.5 Å². The average Bonchev–Trinajstić information content (AvgIpc) is 2.97. The van der Waals surface area contributed by atoms with E-state index < -0.39 is 0 Å². The molecular weight excluding hydrogens is 180 g/mol. The molecule has 1 N–H and O–H groups in total. The highest BCUT2D eigenvalue weighted by atomic mass is 16.5. The molecule has 2 rings (SSSR count). The number of para-hydroxylation sites is 2. The molecule has 14 heavy (non-hydrogen) atoms. The fourth-order valence-electron chi connectivity index (χ4n) is 1.44. The Morgan fingerprint density at radius 3 is 2.64 bits per heavy atom. The predicted molar refractivity (Wildman–Crippen MR) is 52.6 cm³/mol. The third-order valence-corrected chi connectivity index (χ3v) is 2.44. The van der Waals surface area contributed by atoms with E-state index in [2.05, 4.69) is 0 Å². The lowest BCUT2D eigenvalue weighted by Crippen LogP contribution is -2.03. The van der Waals surface area contributed by atoms with Crippen LogP contribution in [0.25, 0.3) is 0 Å². The maximum absolute atomic E-state index is 8.87. The molecule has 1 aromatic carbocycles. The molecule has 76 valence electrons. The van der Waals surface area contributed by atoms with Crippen LogP contribution in [0.1, 0.15) is 6.42 Å². The highest BCUT2D eigenvalue weighted by Gasteiger charge is 2.39. The zero-order valence-corrected chi connectivity index (χ0v) is 8.14. The second kappa shape index (κ2) is 3.88. The van der Waals surface area contributed by atoms with Gasteiger partial charge in [-0.05, 0) is 18.6 Å². The summed E-state index contributed by atoms with van der Waals surface area (Å²) in [5.41, 5.74) is 0. The molecule has 0 saturated heterocycles. The van der Waals surface area contributed by atoms with Gasteiger partial charge >= 0.3 is 0 Å². The Morgan fingerprint density at radius 1 is 1.36 bits per heavy atom. The number of benzene rings is 1. The minimum Gasteiger partial charge on any atom is -0.493 e. The van der Waals surface area contributed by atoms with Crippen molar-refractivity contribution in [3.05, 3.63) is 24.3 Å². The summed E-state index contributed by atoms with van der Waals surface area (Å²) in [5.74, 6) is 1.81. The van der Waals surface area contributed by atoms with Crippen molar-refractivity contribution in [1.29, 1.82) is 0 Å². The molecule has 0 amide bonds. The first-order chi connectivity index (χ1) is 6.85. The minimum absolute atomic E-state index is 0.163. The van der Waals surface area contributed by atoms with Gasteiger partial charge in [-0.25, -0.2) is 0 Å². The number of methoxy groups -OCH3 is 1. The Kier molecular flexibility index (Phi) is 2.59. The van der Waals surface area contributed by atoms with E-state index in [1.807, 2.05) is 24.3 Å². The second-order valence-electron chi connectivity index (χ2n) is 3.49. The van der Waals surface area contributed by atoms with Crippen LogP contribution < -0.4 is 9.47 Å². The van der Waals surface area contributed by atoms with Crippen LogP contribution in [-0.4, -0.2) is 24.9 Å². The number of aliphatic hydroxyl groups is 1. The van der Waals surface area contributed by atoms with Crippen LogP contribution in [-0.2, 0) is 0 Å². The van der Waals surface area contributed by atoms with Crippen molar-refractivity contribution in [2.45, 2.75) is 12.5 Å². The topological polar surface area (TPSA) is 38.7 Å². The number of ether oxygens (including phenoxy) is 2. The minimum atomic E-state index is 0.163. The van der Waals surface area contributed by atoms with Crippen molar-refractivity contribution in [1.82, 2.24) is 0 Å². The van der Waals surface area contributed by atoms with Gasteiger partial charge < -0.3 is 14.6 Å². The summed E-state index contributed by atoms with van der Waals surface area (Å²) >= 11 is 0. The van der Waals surface area contributed by atoms with Gasteiger partial charge in [0, 0.05) is 12.5 Å². The van der Waals surface area contributed by atoms with E-state index in [1.165, 1.54) is 0 Å². The number of rotatable bonds is 4. The second-order valence-corrected chi connectivity index (χ2v) is 3.49. The molecule has 0 spiro atoms. The third-order valence-electron chi connectivity index (χ3n) is 2.44. The van der Waals surface area contributed by atoms with Crippen LogP contribution in [0.3, 0.4) is 0 Å². The quantitative estimate of drug-likeness (QED) is 0.788. The standard InChI is InChI=1S/C11H14O3/c1-13-9-4-2-3-5-10(9)14-11-6-8(11)7-12/h2-5,8,11-12H,6-7H2,1H3. The lowest BCUT2D eigenvalue weighted by Gasteiger charge is -2.09. The van der Waals surface area contributed by atoms with Gasteiger partial charge in [0.2, 0.25) is 0 Å². The molecule has 2 atom stereocenters. The van der Waals surface area contributed by atoms with Crippen molar-refractivity contribution in [3.8, 4) is 11.5 Å². The van der Waals surface area contributed by atoms with Crippen molar-refractivity contribution in [2.24, 2.45) is 5.92 Å². The van der Waals surface area contributed by atoms with E-state index in [4.69, 9.17) is 14.6 Å². The highest BCUT2D eigenvalue weighted by molar-refractivity contribution is 5.39. The van der Waals surface area contributed by atoms with Gasteiger partial charge in [0.25, 0.3) is 0 Å². The smallest absolute Gasteiger partial charge is 0.161 e. The van der Waals surface area contributed by atoms with Crippen LogP contribution in [0.2, 0.25) is 0 Å².